The summed E-state index contributed by atoms with van der Waals surface area (Å²) in [6, 6.07) is 2.33. The van der Waals surface area contributed by atoms with E-state index in [0.717, 1.165) is 31.3 Å². The van der Waals surface area contributed by atoms with Gasteiger partial charge in [-0.3, -0.25) is 0 Å². The van der Waals surface area contributed by atoms with Crippen LogP contribution in [0.4, 0.5) is 5.82 Å². The Labute approximate surface area is 128 Å². The SMILES string of the molecule is CC(C)C1CCCN(c2nc3c(cc2CN)CCC3)CC1. The molecule has 1 aromatic heterocycles. The third-order valence-electron chi connectivity index (χ3n) is 5.34. The average molecular weight is 287 g/mol. The van der Waals surface area contributed by atoms with Gasteiger partial charge in [0.25, 0.3) is 0 Å². The van der Waals surface area contributed by atoms with Gasteiger partial charge >= 0.3 is 0 Å². The molecule has 2 N–H and O–H groups in total. The number of pyridine rings is 1. The molecule has 2 heterocycles. The molecule has 0 saturated carbocycles. The molecule has 21 heavy (non-hydrogen) atoms. The van der Waals surface area contributed by atoms with Crippen molar-refractivity contribution >= 4 is 5.82 Å². The number of nitrogens with zero attached hydrogens (tertiary/aromatic N) is 2. The number of anilines is 1. The highest BCUT2D eigenvalue weighted by Gasteiger charge is 2.23. The van der Waals surface area contributed by atoms with Gasteiger partial charge in [-0.1, -0.05) is 13.8 Å². The van der Waals surface area contributed by atoms with Crippen molar-refractivity contribution in [2.75, 3.05) is 18.0 Å². The molecule has 3 nitrogen and oxygen atoms in total. The molecule has 3 rings (SSSR count). The van der Waals surface area contributed by atoms with Gasteiger partial charge in [-0.25, -0.2) is 4.98 Å². The van der Waals surface area contributed by atoms with E-state index in [9.17, 15) is 0 Å². The average Bonchev–Trinajstić information content (AvgIpc) is 2.79. The summed E-state index contributed by atoms with van der Waals surface area (Å²) >= 11 is 0. The summed E-state index contributed by atoms with van der Waals surface area (Å²) in [6.07, 6.45) is 7.52. The number of aryl methyl sites for hydroxylation is 2. The molecule has 1 saturated heterocycles. The molecule has 116 valence electrons. The molecule has 0 radical (unpaired) electrons. The summed E-state index contributed by atoms with van der Waals surface area (Å²) in [7, 11) is 0. The maximum atomic E-state index is 6.00. The van der Waals surface area contributed by atoms with E-state index in [2.05, 4.69) is 24.8 Å². The fourth-order valence-electron chi connectivity index (χ4n) is 3.93. The normalized spacial score (nSPS) is 22.5. The van der Waals surface area contributed by atoms with Crippen LogP contribution in [0.3, 0.4) is 0 Å². The third kappa shape index (κ3) is 3.08. The Morgan fingerprint density at radius 2 is 2.10 bits per heavy atom. The third-order valence-corrected chi connectivity index (χ3v) is 5.34. The first-order chi connectivity index (χ1) is 10.2. The molecule has 0 aromatic carbocycles. The molecule has 1 aliphatic carbocycles. The van der Waals surface area contributed by atoms with Crippen LogP contribution in [0.1, 0.15) is 56.4 Å². The van der Waals surface area contributed by atoms with Gasteiger partial charge in [0.2, 0.25) is 0 Å². The molecular weight excluding hydrogens is 258 g/mol. The lowest BCUT2D eigenvalue weighted by Crippen LogP contribution is -2.27. The van der Waals surface area contributed by atoms with Gasteiger partial charge in [0, 0.05) is 30.9 Å². The van der Waals surface area contributed by atoms with Crippen LogP contribution < -0.4 is 10.6 Å². The van der Waals surface area contributed by atoms with Gasteiger partial charge in [0.1, 0.15) is 5.82 Å². The Hall–Kier alpha value is -1.09. The molecule has 0 bridgehead atoms. The summed E-state index contributed by atoms with van der Waals surface area (Å²) < 4.78 is 0. The number of nitrogens with two attached hydrogens (primary N) is 1. The predicted octanol–water partition coefficient (Wildman–Crippen LogP) is 3.29. The minimum atomic E-state index is 0.611. The standard InChI is InChI=1S/C18H29N3/c1-13(2)14-6-4-9-21(10-8-14)18-16(12-19)11-15-5-3-7-17(15)20-18/h11,13-14H,3-10,12,19H2,1-2H3. The lowest BCUT2D eigenvalue weighted by atomic mass is 9.89. The van der Waals surface area contributed by atoms with Crippen LogP contribution in [0, 0.1) is 11.8 Å². The van der Waals surface area contributed by atoms with Gasteiger partial charge < -0.3 is 10.6 Å². The Bertz CT molecular complexity index is 495. The van der Waals surface area contributed by atoms with E-state index in [1.165, 1.54) is 54.7 Å². The zero-order valence-electron chi connectivity index (χ0n) is 13.6. The van der Waals surface area contributed by atoms with Crippen LogP contribution in [0.15, 0.2) is 6.07 Å². The minimum absolute atomic E-state index is 0.611. The molecule has 1 atom stereocenters. The van der Waals surface area contributed by atoms with E-state index in [-0.39, 0.29) is 0 Å². The smallest absolute Gasteiger partial charge is 0.133 e. The lowest BCUT2D eigenvalue weighted by molar-refractivity contribution is 0.351. The largest absolute Gasteiger partial charge is 0.356 e. The first-order valence-electron chi connectivity index (χ1n) is 8.65. The molecular formula is C18H29N3. The van der Waals surface area contributed by atoms with E-state index in [4.69, 9.17) is 10.7 Å². The first kappa shape index (κ1) is 14.8. The van der Waals surface area contributed by atoms with Crippen molar-refractivity contribution in [3.63, 3.8) is 0 Å². The van der Waals surface area contributed by atoms with Gasteiger partial charge in [-0.2, -0.15) is 0 Å². The van der Waals surface area contributed by atoms with E-state index < -0.39 is 0 Å². The minimum Gasteiger partial charge on any atom is -0.356 e. The van der Waals surface area contributed by atoms with Crippen LogP contribution in [-0.4, -0.2) is 18.1 Å². The summed E-state index contributed by atoms with van der Waals surface area (Å²) in [5, 5.41) is 0. The Morgan fingerprint density at radius 3 is 2.86 bits per heavy atom. The van der Waals surface area contributed by atoms with Gasteiger partial charge in [-0.15, -0.1) is 0 Å². The maximum Gasteiger partial charge on any atom is 0.133 e. The molecule has 0 spiro atoms. The Balaban J connectivity index is 1.83. The summed E-state index contributed by atoms with van der Waals surface area (Å²) in [5.74, 6) is 2.85. The molecule has 1 aliphatic heterocycles. The topological polar surface area (TPSA) is 42.2 Å². The van der Waals surface area contributed by atoms with Crippen LogP contribution in [0.5, 0.6) is 0 Å². The summed E-state index contributed by atoms with van der Waals surface area (Å²) in [4.78, 5) is 7.51. The lowest BCUT2D eigenvalue weighted by Gasteiger charge is -2.25. The van der Waals surface area contributed by atoms with Gasteiger partial charge in [-0.05, 0) is 62.0 Å². The fraction of sp³-hybridized carbons (Fsp3) is 0.722. The highest BCUT2D eigenvalue weighted by Crippen LogP contribution is 2.31. The van der Waals surface area contributed by atoms with Crippen molar-refractivity contribution in [2.24, 2.45) is 17.6 Å². The number of aromatic nitrogens is 1. The fourth-order valence-corrected chi connectivity index (χ4v) is 3.93. The number of hydrogen-bond acceptors (Lipinski definition) is 3. The summed E-state index contributed by atoms with van der Waals surface area (Å²) in [6.45, 7) is 7.61. The molecule has 1 fully saturated rings. The molecule has 1 aromatic rings. The van der Waals surface area contributed by atoms with Crippen molar-refractivity contribution in [1.29, 1.82) is 0 Å². The van der Waals surface area contributed by atoms with Crippen LogP contribution >= 0.6 is 0 Å². The molecule has 1 unspecified atom stereocenters. The zero-order chi connectivity index (χ0) is 14.8. The Kier molecular flexibility index (Phi) is 4.48. The van der Waals surface area contributed by atoms with Crippen LogP contribution in [-0.2, 0) is 19.4 Å². The molecule has 2 aliphatic rings. The first-order valence-corrected chi connectivity index (χ1v) is 8.65. The van der Waals surface area contributed by atoms with Crippen LogP contribution in [0.2, 0.25) is 0 Å². The maximum absolute atomic E-state index is 6.00. The Morgan fingerprint density at radius 1 is 1.24 bits per heavy atom. The second-order valence-electron chi connectivity index (χ2n) is 7.06. The van der Waals surface area contributed by atoms with Crippen LogP contribution in [0.25, 0.3) is 0 Å². The number of hydrogen-bond donors (Lipinski definition) is 1. The van der Waals surface area contributed by atoms with Crippen molar-refractivity contribution in [3.8, 4) is 0 Å². The second kappa shape index (κ2) is 6.35. The van der Waals surface area contributed by atoms with Crippen molar-refractivity contribution < 1.29 is 0 Å². The van der Waals surface area contributed by atoms with Crippen molar-refractivity contribution in [1.82, 2.24) is 4.98 Å². The quantitative estimate of drug-likeness (QED) is 0.927. The van der Waals surface area contributed by atoms with E-state index in [0.29, 0.717) is 6.54 Å². The highest BCUT2D eigenvalue weighted by atomic mass is 15.2. The number of rotatable bonds is 3. The molecule has 0 amide bonds. The second-order valence-corrected chi connectivity index (χ2v) is 7.06. The molecule has 3 heteroatoms. The summed E-state index contributed by atoms with van der Waals surface area (Å²) in [5.41, 5.74) is 10.0. The van der Waals surface area contributed by atoms with Gasteiger partial charge in [0.05, 0.1) is 0 Å². The van der Waals surface area contributed by atoms with E-state index >= 15 is 0 Å². The van der Waals surface area contributed by atoms with E-state index in [1.54, 1.807) is 0 Å². The van der Waals surface area contributed by atoms with E-state index in [1.807, 2.05) is 0 Å². The highest BCUT2D eigenvalue weighted by molar-refractivity contribution is 5.51. The van der Waals surface area contributed by atoms with Crippen molar-refractivity contribution in [3.05, 3.63) is 22.9 Å². The predicted molar refractivity (Wildman–Crippen MR) is 88.5 cm³/mol. The monoisotopic (exact) mass is 287 g/mol. The number of fused-ring (bicyclic) bond motifs is 1. The van der Waals surface area contributed by atoms with Gasteiger partial charge in [0.15, 0.2) is 0 Å². The zero-order valence-corrected chi connectivity index (χ0v) is 13.6. The van der Waals surface area contributed by atoms with Crippen molar-refractivity contribution in [2.45, 2.75) is 58.9 Å².